The first-order valence-corrected chi connectivity index (χ1v) is 6.20. The van der Waals surface area contributed by atoms with Gasteiger partial charge in [0.15, 0.2) is 5.76 Å². The van der Waals surface area contributed by atoms with Crippen molar-refractivity contribution in [1.29, 1.82) is 0 Å². The Hall–Kier alpha value is -2.61. The molecule has 0 spiro atoms. The van der Waals surface area contributed by atoms with Gasteiger partial charge in [-0.25, -0.2) is 0 Å². The number of aromatic nitrogens is 1. The van der Waals surface area contributed by atoms with Crippen molar-refractivity contribution in [3.05, 3.63) is 50.4 Å². The van der Waals surface area contributed by atoms with Gasteiger partial charge in [0.1, 0.15) is 0 Å². The summed E-state index contributed by atoms with van der Waals surface area (Å²) in [5.41, 5.74) is 5.96. The number of hydrogen-bond acceptors (Lipinski definition) is 6. The Morgan fingerprint density at radius 1 is 1.52 bits per heavy atom. The number of nitrogens with one attached hydrogen (secondary N) is 1. The first-order chi connectivity index (χ1) is 9.88. The summed E-state index contributed by atoms with van der Waals surface area (Å²) in [7, 11) is 0. The number of anilines is 1. The number of amides is 1. The largest absolute Gasteiger partial charge is 0.397 e. The maximum Gasteiger partial charge on any atom is 0.271 e. The second-order valence-electron chi connectivity index (χ2n) is 4.26. The molecule has 0 saturated heterocycles. The lowest BCUT2D eigenvalue weighted by atomic mass is 10.1. The van der Waals surface area contributed by atoms with Crippen LogP contribution in [0.25, 0.3) is 0 Å². The molecule has 1 aromatic heterocycles. The molecule has 0 aliphatic heterocycles. The van der Waals surface area contributed by atoms with Crippen LogP contribution in [0.5, 0.6) is 0 Å². The summed E-state index contributed by atoms with van der Waals surface area (Å²) in [4.78, 5) is 22.2. The van der Waals surface area contributed by atoms with Crippen LogP contribution >= 0.6 is 11.6 Å². The van der Waals surface area contributed by atoms with Crippen LogP contribution in [-0.2, 0) is 6.54 Å². The van der Waals surface area contributed by atoms with Crippen molar-refractivity contribution < 1.29 is 14.2 Å². The highest BCUT2D eigenvalue weighted by Gasteiger charge is 2.19. The molecule has 2 aromatic rings. The highest BCUT2D eigenvalue weighted by Crippen LogP contribution is 2.28. The Labute approximate surface area is 124 Å². The third kappa shape index (κ3) is 3.29. The van der Waals surface area contributed by atoms with Crippen LogP contribution in [0.2, 0.25) is 5.02 Å². The van der Waals surface area contributed by atoms with Crippen LogP contribution in [0.4, 0.5) is 11.4 Å². The number of aryl methyl sites for hydroxylation is 1. The van der Waals surface area contributed by atoms with E-state index in [-0.39, 0.29) is 28.5 Å². The highest BCUT2D eigenvalue weighted by atomic mass is 35.5. The molecule has 0 aliphatic rings. The molecule has 1 aromatic carbocycles. The van der Waals surface area contributed by atoms with E-state index in [1.54, 1.807) is 13.0 Å². The predicted octanol–water partition coefficient (Wildman–Crippen LogP) is 2.06. The van der Waals surface area contributed by atoms with Crippen LogP contribution in [-0.4, -0.2) is 16.0 Å². The zero-order valence-electron chi connectivity index (χ0n) is 10.9. The summed E-state index contributed by atoms with van der Waals surface area (Å²) in [6.45, 7) is 1.83. The molecule has 2 rings (SSSR count). The number of benzene rings is 1. The molecule has 0 fully saturated rings. The van der Waals surface area contributed by atoms with E-state index >= 15 is 0 Å². The molecule has 0 atom stereocenters. The Balaban J connectivity index is 2.20. The van der Waals surface area contributed by atoms with Crippen LogP contribution in [0.3, 0.4) is 0 Å². The number of hydrogen-bond donors (Lipinski definition) is 2. The van der Waals surface area contributed by atoms with Crippen LogP contribution < -0.4 is 11.1 Å². The molecule has 9 heteroatoms. The average Bonchev–Trinajstić information content (AvgIpc) is 2.84. The minimum Gasteiger partial charge on any atom is -0.397 e. The molecule has 0 unspecified atom stereocenters. The fourth-order valence-corrected chi connectivity index (χ4v) is 1.87. The Morgan fingerprint density at radius 2 is 2.24 bits per heavy atom. The minimum atomic E-state index is -0.651. The van der Waals surface area contributed by atoms with Crippen molar-refractivity contribution >= 4 is 28.9 Å². The van der Waals surface area contributed by atoms with Gasteiger partial charge in [0.25, 0.3) is 11.6 Å². The van der Waals surface area contributed by atoms with E-state index in [1.165, 1.54) is 0 Å². The van der Waals surface area contributed by atoms with Crippen LogP contribution in [0.1, 0.15) is 21.8 Å². The smallest absolute Gasteiger partial charge is 0.271 e. The van der Waals surface area contributed by atoms with E-state index in [9.17, 15) is 14.9 Å². The van der Waals surface area contributed by atoms with Gasteiger partial charge in [0, 0.05) is 18.2 Å². The number of non-ortho nitro benzene ring substituents is 1. The van der Waals surface area contributed by atoms with E-state index in [1.807, 2.05) is 0 Å². The Kier molecular flexibility index (Phi) is 4.08. The fourth-order valence-electron chi connectivity index (χ4n) is 1.66. The average molecular weight is 311 g/mol. The van der Waals surface area contributed by atoms with Gasteiger partial charge in [-0.2, -0.15) is 0 Å². The SMILES string of the molecule is Cc1cc(CNC(=O)c2cc([N+](=O)[O-])cc(Cl)c2N)on1. The molecule has 0 bridgehead atoms. The molecule has 0 saturated carbocycles. The minimum absolute atomic E-state index is 0.0199. The Morgan fingerprint density at radius 3 is 2.81 bits per heavy atom. The van der Waals surface area contributed by atoms with Gasteiger partial charge >= 0.3 is 0 Å². The summed E-state index contributed by atoms with van der Waals surface area (Å²) in [5.74, 6) is -0.136. The quantitative estimate of drug-likeness (QED) is 0.506. The number of nitrogens with two attached hydrogens (primary N) is 1. The first-order valence-electron chi connectivity index (χ1n) is 5.82. The maximum atomic E-state index is 12.0. The number of rotatable bonds is 4. The highest BCUT2D eigenvalue weighted by molar-refractivity contribution is 6.34. The third-order valence-electron chi connectivity index (χ3n) is 2.67. The Bertz CT molecular complexity index is 713. The number of nitrogens with zero attached hydrogens (tertiary/aromatic N) is 2. The molecule has 8 nitrogen and oxygen atoms in total. The van der Waals surface area contributed by atoms with Gasteiger partial charge in [-0.1, -0.05) is 16.8 Å². The third-order valence-corrected chi connectivity index (χ3v) is 2.98. The second kappa shape index (κ2) is 5.80. The monoisotopic (exact) mass is 310 g/mol. The van der Waals surface area contributed by atoms with Crippen molar-refractivity contribution in [3.63, 3.8) is 0 Å². The number of nitro benzene ring substituents is 1. The summed E-state index contributed by atoms with van der Waals surface area (Å²) in [6.07, 6.45) is 0. The van der Waals surface area contributed by atoms with E-state index in [0.29, 0.717) is 11.5 Å². The molecule has 1 amide bonds. The fraction of sp³-hybridized carbons (Fsp3) is 0.167. The zero-order chi connectivity index (χ0) is 15.6. The summed E-state index contributed by atoms with van der Waals surface area (Å²) in [6, 6.07) is 3.82. The molecule has 110 valence electrons. The van der Waals surface area contributed by atoms with Crippen molar-refractivity contribution in [2.75, 3.05) is 5.73 Å². The lowest BCUT2D eigenvalue weighted by Crippen LogP contribution is -2.23. The van der Waals surface area contributed by atoms with Crippen LogP contribution in [0, 0.1) is 17.0 Å². The number of carbonyl (C=O) groups excluding carboxylic acids is 1. The van der Waals surface area contributed by atoms with Crippen molar-refractivity contribution in [3.8, 4) is 0 Å². The summed E-state index contributed by atoms with van der Waals surface area (Å²) < 4.78 is 4.94. The van der Waals surface area contributed by atoms with E-state index in [0.717, 1.165) is 12.1 Å². The van der Waals surface area contributed by atoms with E-state index in [2.05, 4.69) is 10.5 Å². The first kappa shape index (κ1) is 14.8. The van der Waals surface area contributed by atoms with Gasteiger partial charge in [0.2, 0.25) is 0 Å². The molecule has 3 N–H and O–H groups in total. The summed E-state index contributed by atoms with van der Waals surface area (Å²) >= 11 is 5.79. The lowest BCUT2D eigenvalue weighted by Gasteiger charge is -2.07. The lowest BCUT2D eigenvalue weighted by molar-refractivity contribution is -0.384. The number of nitrogen functional groups attached to an aromatic ring is 1. The zero-order valence-corrected chi connectivity index (χ0v) is 11.7. The normalized spacial score (nSPS) is 10.4. The number of halogens is 1. The van der Waals surface area contributed by atoms with Gasteiger partial charge in [-0.3, -0.25) is 14.9 Å². The molecule has 0 radical (unpaired) electrons. The van der Waals surface area contributed by atoms with Crippen molar-refractivity contribution in [2.45, 2.75) is 13.5 Å². The maximum absolute atomic E-state index is 12.0. The van der Waals surface area contributed by atoms with Crippen molar-refractivity contribution in [2.24, 2.45) is 0 Å². The van der Waals surface area contributed by atoms with Gasteiger partial charge in [-0.15, -0.1) is 0 Å². The standard InChI is InChI=1S/C12H11ClN4O4/c1-6-2-8(21-16-6)5-15-12(18)9-3-7(17(19)20)4-10(13)11(9)14/h2-4H,5,14H2,1H3,(H,15,18). The molecular formula is C12H11ClN4O4. The van der Waals surface area contributed by atoms with E-state index in [4.69, 9.17) is 21.9 Å². The van der Waals surface area contributed by atoms with Crippen molar-refractivity contribution in [1.82, 2.24) is 10.5 Å². The van der Waals surface area contributed by atoms with Gasteiger partial charge in [0.05, 0.1) is 33.4 Å². The number of carbonyl (C=O) groups is 1. The van der Waals surface area contributed by atoms with Crippen LogP contribution in [0.15, 0.2) is 22.7 Å². The molecular weight excluding hydrogens is 300 g/mol. The van der Waals surface area contributed by atoms with Gasteiger partial charge < -0.3 is 15.6 Å². The molecule has 21 heavy (non-hydrogen) atoms. The second-order valence-corrected chi connectivity index (χ2v) is 4.67. The van der Waals surface area contributed by atoms with Gasteiger partial charge in [-0.05, 0) is 6.92 Å². The topological polar surface area (TPSA) is 124 Å². The molecule has 0 aliphatic carbocycles. The summed E-state index contributed by atoms with van der Waals surface area (Å²) in [5, 5.41) is 16.9. The molecule has 1 heterocycles. The van der Waals surface area contributed by atoms with E-state index < -0.39 is 10.8 Å². The predicted molar refractivity (Wildman–Crippen MR) is 74.9 cm³/mol. The number of nitro groups is 1.